The maximum atomic E-state index is 2.26. The molecule has 0 aliphatic heterocycles. The molecule has 3 rings (SSSR count). The molecule has 18 heavy (non-hydrogen) atoms. The highest BCUT2D eigenvalue weighted by Gasteiger charge is 2.21. The first-order valence-corrected chi connectivity index (χ1v) is 6.53. The maximum Gasteiger partial charge on any atom is -0.00107 e. The van der Waals surface area contributed by atoms with Crippen LogP contribution in [0.15, 0.2) is 42.5 Å². The fraction of sp³-hybridized carbons (Fsp3) is 0.222. The first-order chi connectivity index (χ1) is 8.68. The summed E-state index contributed by atoms with van der Waals surface area (Å²) in [5, 5.41) is 0. The summed E-state index contributed by atoms with van der Waals surface area (Å²) < 4.78 is 0. The zero-order valence-electron chi connectivity index (χ0n) is 11.2. The van der Waals surface area contributed by atoms with Gasteiger partial charge in [0.2, 0.25) is 0 Å². The van der Waals surface area contributed by atoms with Crippen LogP contribution >= 0.6 is 0 Å². The van der Waals surface area contributed by atoms with E-state index in [1.54, 1.807) is 0 Å². The van der Waals surface area contributed by atoms with Crippen LogP contribution < -0.4 is 0 Å². The molecule has 0 aromatic heterocycles. The van der Waals surface area contributed by atoms with Crippen molar-refractivity contribution in [2.24, 2.45) is 0 Å². The van der Waals surface area contributed by atoms with Gasteiger partial charge in [-0.3, -0.25) is 0 Å². The van der Waals surface area contributed by atoms with Crippen LogP contribution in [0.25, 0.3) is 11.1 Å². The fourth-order valence-electron chi connectivity index (χ4n) is 3.10. The van der Waals surface area contributed by atoms with Gasteiger partial charge in [0, 0.05) is 0 Å². The molecule has 0 atom stereocenters. The number of rotatable bonds is 1. The van der Waals surface area contributed by atoms with Gasteiger partial charge in [-0.2, -0.15) is 0 Å². The van der Waals surface area contributed by atoms with Crippen LogP contribution in [-0.4, -0.2) is 0 Å². The van der Waals surface area contributed by atoms with E-state index >= 15 is 0 Å². The Morgan fingerprint density at radius 2 is 1.50 bits per heavy atom. The first kappa shape index (κ1) is 11.3. The average Bonchev–Trinajstić information content (AvgIpc) is 2.69. The molecule has 90 valence electrons. The average molecular weight is 234 g/mol. The van der Waals surface area contributed by atoms with E-state index in [2.05, 4.69) is 63.2 Å². The summed E-state index contributed by atoms with van der Waals surface area (Å²) in [6, 6.07) is 15.3. The zero-order valence-corrected chi connectivity index (χ0v) is 11.2. The van der Waals surface area contributed by atoms with Crippen molar-refractivity contribution in [2.45, 2.75) is 27.2 Å². The molecule has 1 aliphatic carbocycles. The van der Waals surface area contributed by atoms with Crippen LogP contribution in [0.4, 0.5) is 0 Å². The Morgan fingerprint density at radius 3 is 2.22 bits per heavy atom. The van der Waals surface area contributed by atoms with Crippen molar-refractivity contribution in [1.29, 1.82) is 0 Å². The van der Waals surface area contributed by atoms with E-state index in [-0.39, 0.29) is 0 Å². The number of fused-ring (bicyclic) bond motifs is 1. The molecule has 0 nitrogen and oxygen atoms in total. The molecule has 0 saturated heterocycles. The Labute approximate surface area is 109 Å². The zero-order chi connectivity index (χ0) is 12.7. The van der Waals surface area contributed by atoms with Crippen molar-refractivity contribution in [3.05, 3.63) is 70.3 Å². The van der Waals surface area contributed by atoms with E-state index in [9.17, 15) is 0 Å². The lowest BCUT2D eigenvalue weighted by Crippen LogP contribution is -1.89. The second-order valence-electron chi connectivity index (χ2n) is 5.20. The fourth-order valence-corrected chi connectivity index (χ4v) is 3.10. The van der Waals surface area contributed by atoms with Crippen LogP contribution in [0.2, 0.25) is 0 Å². The summed E-state index contributed by atoms with van der Waals surface area (Å²) >= 11 is 0. The highest BCUT2D eigenvalue weighted by Crippen LogP contribution is 2.40. The monoisotopic (exact) mass is 234 g/mol. The summed E-state index contributed by atoms with van der Waals surface area (Å²) in [6.07, 6.45) is 1.08. The third-order valence-corrected chi connectivity index (χ3v) is 4.02. The largest absolute Gasteiger partial charge is 0.0620 e. The molecule has 2 aromatic rings. The topological polar surface area (TPSA) is 0 Å². The van der Waals surface area contributed by atoms with Gasteiger partial charge in [0.25, 0.3) is 0 Å². The van der Waals surface area contributed by atoms with Gasteiger partial charge in [0.05, 0.1) is 0 Å². The summed E-state index contributed by atoms with van der Waals surface area (Å²) in [5.41, 5.74) is 10.1. The van der Waals surface area contributed by atoms with Crippen LogP contribution in [0, 0.1) is 13.8 Å². The van der Waals surface area contributed by atoms with Crippen molar-refractivity contribution in [3.8, 4) is 0 Å². The molecular formula is C18H18. The Hall–Kier alpha value is -1.82. The number of benzene rings is 2. The molecule has 0 heterocycles. The molecular weight excluding hydrogens is 216 g/mol. The van der Waals surface area contributed by atoms with E-state index in [0.717, 1.165) is 6.42 Å². The van der Waals surface area contributed by atoms with Gasteiger partial charge in [-0.05, 0) is 66.2 Å². The summed E-state index contributed by atoms with van der Waals surface area (Å²) in [5.74, 6) is 0. The third-order valence-electron chi connectivity index (χ3n) is 4.02. The molecule has 0 unspecified atom stereocenters. The normalized spacial score (nSPS) is 13.9. The van der Waals surface area contributed by atoms with Crippen LogP contribution in [0.3, 0.4) is 0 Å². The highest BCUT2D eigenvalue weighted by molar-refractivity contribution is 5.97. The molecule has 0 fully saturated rings. The van der Waals surface area contributed by atoms with Crippen LogP contribution in [-0.2, 0) is 6.42 Å². The van der Waals surface area contributed by atoms with Crippen molar-refractivity contribution in [3.63, 3.8) is 0 Å². The molecule has 0 amide bonds. The Balaban J connectivity index is 2.18. The van der Waals surface area contributed by atoms with Gasteiger partial charge in [0.1, 0.15) is 0 Å². The lowest BCUT2D eigenvalue weighted by atomic mass is 9.96. The summed E-state index contributed by atoms with van der Waals surface area (Å²) in [6.45, 7) is 6.68. The van der Waals surface area contributed by atoms with E-state index in [4.69, 9.17) is 0 Å². The molecule has 2 aromatic carbocycles. The predicted molar refractivity (Wildman–Crippen MR) is 78.6 cm³/mol. The number of hydrogen-bond acceptors (Lipinski definition) is 0. The SMILES string of the molecule is CC1=C(c2ccccc2C)Cc2cccc(C)c21. The van der Waals surface area contributed by atoms with Crippen LogP contribution in [0.1, 0.15) is 34.7 Å². The third kappa shape index (κ3) is 1.60. The van der Waals surface area contributed by atoms with E-state index in [1.807, 2.05) is 0 Å². The van der Waals surface area contributed by atoms with Crippen molar-refractivity contribution >= 4 is 11.1 Å². The lowest BCUT2D eigenvalue weighted by Gasteiger charge is -2.08. The summed E-state index contributed by atoms with van der Waals surface area (Å²) in [7, 11) is 0. The molecule has 0 heteroatoms. The first-order valence-electron chi connectivity index (χ1n) is 6.53. The van der Waals surface area contributed by atoms with Gasteiger partial charge in [0.15, 0.2) is 0 Å². The second-order valence-corrected chi connectivity index (χ2v) is 5.20. The Morgan fingerprint density at radius 1 is 0.778 bits per heavy atom. The van der Waals surface area contributed by atoms with E-state index < -0.39 is 0 Å². The number of allylic oxidation sites excluding steroid dienone is 2. The minimum atomic E-state index is 1.08. The molecule has 0 radical (unpaired) electrons. The maximum absolute atomic E-state index is 2.26. The van der Waals surface area contributed by atoms with Crippen molar-refractivity contribution < 1.29 is 0 Å². The van der Waals surface area contributed by atoms with Crippen molar-refractivity contribution in [1.82, 2.24) is 0 Å². The van der Waals surface area contributed by atoms with Gasteiger partial charge in [-0.15, -0.1) is 0 Å². The van der Waals surface area contributed by atoms with Gasteiger partial charge < -0.3 is 0 Å². The Bertz CT molecular complexity index is 645. The lowest BCUT2D eigenvalue weighted by molar-refractivity contribution is 1.27. The predicted octanol–water partition coefficient (Wildman–Crippen LogP) is 4.79. The van der Waals surface area contributed by atoms with Gasteiger partial charge in [-0.25, -0.2) is 0 Å². The quantitative estimate of drug-likeness (QED) is 0.665. The highest BCUT2D eigenvalue weighted by atomic mass is 14.3. The number of hydrogen-bond donors (Lipinski definition) is 0. The minimum absolute atomic E-state index is 1.08. The molecule has 0 saturated carbocycles. The molecule has 0 bridgehead atoms. The standard InChI is InChI=1S/C18H18/c1-12-7-4-5-10-16(12)17-11-15-9-6-8-13(2)18(15)14(17)3/h4-10H,11H2,1-3H3. The number of aryl methyl sites for hydroxylation is 2. The second kappa shape index (κ2) is 4.13. The van der Waals surface area contributed by atoms with E-state index in [1.165, 1.54) is 39.0 Å². The molecule has 0 N–H and O–H groups in total. The smallest absolute Gasteiger partial charge is 0.00107 e. The molecule has 1 aliphatic rings. The van der Waals surface area contributed by atoms with Crippen molar-refractivity contribution in [2.75, 3.05) is 0 Å². The van der Waals surface area contributed by atoms with Gasteiger partial charge in [-0.1, -0.05) is 42.5 Å². The van der Waals surface area contributed by atoms with Crippen LogP contribution in [0.5, 0.6) is 0 Å². The minimum Gasteiger partial charge on any atom is -0.0620 e. The summed E-state index contributed by atoms with van der Waals surface area (Å²) in [4.78, 5) is 0. The Kier molecular flexibility index (Phi) is 2.59. The van der Waals surface area contributed by atoms with E-state index in [0.29, 0.717) is 0 Å². The molecule has 0 spiro atoms. The van der Waals surface area contributed by atoms with Gasteiger partial charge >= 0.3 is 0 Å².